The zero-order chi connectivity index (χ0) is 17.5. The Kier molecular flexibility index (Phi) is 6.20. The molecule has 3 nitrogen and oxygen atoms in total. The quantitative estimate of drug-likeness (QED) is 0.447. The van der Waals surface area contributed by atoms with Gasteiger partial charge in [0.2, 0.25) is 0 Å². The van der Waals surface area contributed by atoms with Crippen LogP contribution < -0.4 is 5.32 Å². The summed E-state index contributed by atoms with van der Waals surface area (Å²) in [4.78, 5) is 12.3. The average molecular weight is 357 g/mol. The third-order valence-electron chi connectivity index (χ3n) is 3.13. The van der Waals surface area contributed by atoms with E-state index in [-0.39, 0.29) is 10.6 Å². The first-order valence-electron chi connectivity index (χ1n) is 7.12. The zero-order valence-corrected chi connectivity index (χ0v) is 14.4. The van der Waals surface area contributed by atoms with Crippen LogP contribution in [0, 0.1) is 11.3 Å². The van der Waals surface area contributed by atoms with Crippen molar-refractivity contribution in [2.45, 2.75) is 6.92 Å². The van der Waals surface area contributed by atoms with E-state index in [1.54, 1.807) is 18.2 Å². The molecule has 0 aliphatic carbocycles. The van der Waals surface area contributed by atoms with Crippen LogP contribution in [-0.2, 0) is 4.79 Å². The van der Waals surface area contributed by atoms with Crippen molar-refractivity contribution in [3.63, 3.8) is 0 Å². The summed E-state index contributed by atoms with van der Waals surface area (Å²) in [6.07, 6.45) is 3.41. The monoisotopic (exact) mass is 356 g/mol. The number of hydrogen-bond acceptors (Lipinski definition) is 2. The van der Waals surface area contributed by atoms with E-state index >= 15 is 0 Å². The second-order valence-corrected chi connectivity index (χ2v) is 5.81. The number of carbonyl (C=O) groups excluding carboxylic acids is 1. The fourth-order valence-electron chi connectivity index (χ4n) is 2.02. The third kappa shape index (κ3) is 4.73. The number of rotatable bonds is 4. The van der Waals surface area contributed by atoms with Crippen LogP contribution in [0.4, 0.5) is 5.69 Å². The lowest BCUT2D eigenvalue weighted by Crippen LogP contribution is -2.14. The summed E-state index contributed by atoms with van der Waals surface area (Å²) in [5, 5.41) is 12.4. The normalized spacial score (nSPS) is 11.8. The molecule has 0 bridgehead atoms. The molecule has 1 N–H and O–H groups in total. The topological polar surface area (TPSA) is 52.9 Å². The molecule has 5 heteroatoms. The van der Waals surface area contributed by atoms with Crippen molar-refractivity contribution in [1.82, 2.24) is 0 Å². The summed E-state index contributed by atoms with van der Waals surface area (Å²) in [7, 11) is 0. The molecule has 2 rings (SSSR count). The lowest BCUT2D eigenvalue weighted by Gasteiger charge is -2.07. The lowest BCUT2D eigenvalue weighted by molar-refractivity contribution is -0.112. The van der Waals surface area contributed by atoms with Crippen molar-refractivity contribution < 1.29 is 4.79 Å². The standard InChI is InChI=1S/C19H14Cl2N2O/c1-13(10-14-6-3-2-4-7-14)11-15(12-22)19(24)23-17-9-5-8-16(20)18(17)21/h2-11H,1H3,(H,23,24). The number of carbonyl (C=O) groups is 1. The molecule has 0 aliphatic heterocycles. The van der Waals surface area contributed by atoms with Crippen molar-refractivity contribution >= 4 is 40.9 Å². The van der Waals surface area contributed by atoms with Gasteiger partial charge in [0, 0.05) is 0 Å². The van der Waals surface area contributed by atoms with Crippen LogP contribution in [0.15, 0.2) is 65.8 Å². The zero-order valence-electron chi connectivity index (χ0n) is 12.9. The Labute approximate surface area is 150 Å². The van der Waals surface area contributed by atoms with E-state index in [2.05, 4.69) is 5.32 Å². The Morgan fingerprint density at radius 1 is 1.12 bits per heavy atom. The van der Waals surface area contributed by atoms with Gasteiger partial charge in [-0.25, -0.2) is 0 Å². The van der Waals surface area contributed by atoms with Crippen LogP contribution in [0.5, 0.6) is 0 Å². The number of anilines is 1. The van der Waals surface area contributed by atoms with E-state index in [1.807, 2.05) is 49.4 Å². The minimum atomic E-state index is -0.539. The van der Waals surface area contributed by atoms with Gasteiger partial charge in [-0.3, -0.25) is 4.79 Å². The van der Waals surface area contributed by atoms with Crippen molar-refractivity contribution in [3.05, 3.63) is 81.4 Å². The maximum absolute atomic E-state index is 12.3. The van der Waals surface area contributed by atoms with Gasteiger partial charge >= 0.3 is 0 Å². The summed E-state index contributed by atoms with van der Waals surface area (Å²) < 4.78 is 0. The number of nitrogens with one attached hydrogen (secondary N) is 1. The summed E-state index contributed by atoms with van der Waals surface area (Å²) in [5.41, 5.74) is 2.11. The highest BCUT2D eigenvalue weighted by atomic mass is 35.5. The molecular weight excluding hydrogens is 343 g/mol. The van der Waals surface area contributed by atoms with Crippen molar-refractivity contribution in [3.8, 4) is 6.07 Å². The van der Waals surface area contributed by atoms with Gasteiger partial charge < -0.3 is 5.32 Å². The molecule has 0 unspecified atom stereocenters. The Bertz CT molecular complexity index is 849. The highest BCUT2D eigenvalue weighted by Crippen LogP contribution is 2.29. The number of benzene rings is 2. The van der Waals surface area contributed by atoms with E-state index in [0.717, 1.165) is 11.1 Å². The molecule has 0 atom stereocenters. The first-order valence-corrected chi connectivity index (χ1v) is 7.87. The molecule has 0 aliphatic rings. The molecule has 0 radical (unpaired) electrons. The van der Waals surface area contributed by atoms with Gasteiger partial charge in [-0.05, 0) is 36.3 Å². The number of allylic oxidation sites excluding steroid dienone is 2. The fraction of sp³-hybridized carbons (Fsp3) is 0.0526. The Morgan fingerprint density at radius 3 is 2.50 bits per heavy atom. The van der Waals surface area contributed by atoms with Gasteiger partial charge in [0.25, 0.3) is 5.91 Å². The molecule has 120 valence electrons. The molecule has 24 heavy (non-hydrogen) atoms. The number of nitriles is 1. The molecule has 2 aromatic carbocycles. The van der Waals surface area contributed by atoms with Crippen LogP contribution in [-0.4, -0.2) is 5.91 Å². The van der Waals surface area contributed by atoms with Crippen LogP contribution in [0.2, 0.25) is 10.0 Å². The van der Waals surface area contributed by atoms with Gasteiger partial charge in [0.05, 0.1) is 15.7 Å². The molecule has 0 spiro atoms. The number of halogens is 2. The summed E-state index contributed by atoms with van der Waals surface area (Å²) in [6.45, 7) is 1.82. The van der Waals surface area contributed by atoms with Crippen LogP contribution in [0.3, 0.4) is 0 Å². The van der Waals surface area contributed by atoms with Crippen LogP contribution in [0.1, 0.15) is 12.5 Å². The predicted octanol–water partition coefficient (Wildman–Crippen LogP) is 5.49. The highest BCUT2D eigenvalue weighted by molar-refractivity contribution is 6.44. The summed E-state index contributed by atoms with van der Waals surface area (Å²) in [5.74, 6) is -0.539. The van der Waals surface area contributed by atoms with Crippen LogP contribution in [0.25, 0.3) is 6.08 Å². The van der Waals surface area contributed by atoms with E-state index in [9.17, 15) is 10.1 Å². The fourth-order valence-corrected chi connectivity index (χ4v) is 2.37. The first-order chi connectivity index (χ1) is 11.5. The maximum Gasteiger partial charge on any atom is 0.266 e. The molecule has 0 saturated heterocycles. The molecule has 0 saturated carbocycles. The average Bonchev–Trinajstić information content (AvgIpc) is 2.57. The van der Waals surface area contributed by atoms with E-state index in [0.29, 0.717) is 10.7 Å². The van der Waals surface area contributed by atoms with E-state index in [1.165, 1.54) is 6.08 Å². The second kappa shape index (κ2) is 8.35. The van der Waals surface area contributed by atoms with E-state index < -0.39 is 5.91 Å². The van der Waals surface area contributed by atoms with Crippen molar-refractivity contribution in [2.24, 2.45) is 0 Å². The molecule has 0 heterocycles. The maximum atomic E-state index is 12.3. The smallest absolute Gasteiger partial charge is 0.266 e. The molecular formula is C19H14Cl2N2O. The number of amides is 1. The second-order valence-electron chi connectivity index (χ2n) is 5.02. The Balaban J connectivity index is 2.21. The molecule has 1 amide bonds. The SMILES string of the molecule is CC(=Cc1ccccc1)C=C(C#N)C(=O)Nc1cccc(Cl)c1Cl. The van der Waals surface area contributed by atoms with Crippen LogP contribution >= 0.6 is 23.2 Å². The molecule has 0 aromatic heterocycles. The Hall–Kier alpha value is -2.54. The van der Waals surface area contributed by atoms with Crippen molar-refractivity contribution in [1.29, 1.82) is 5.26 Å². The molecule has 0 fully saturated rings. The lowest BCUT2D eigenvalue weighted by atomic mass is 10.1. The highest BCUT2D eigenvalue weighted by Gasteiger charge is 2.12. The van der Waals surface area contributed by atoms with Gasteiger partial charge in [0.1, 0.15) is 11.6 Å². The third-order valence-corrected chi connectivity index (χ3v) is 3.95. The Morgan fingerprint density at radius 2 is 1.83 bits per heavy atom. The van der Waals surface area contributed by atoms with Gasteiger partial charge in [0.15, 0.2) is 0 Å². The predicted molar refractivity (Wildman–Crippen MR) is 98.9 cm³/mol. The summed E-state index contributed by atoms with van der Waals surface area (Å²) in [6, 6.07) is 16.4. The first kappa shape index (κ1) is 17.8. The van der Waals surface area contributed by atoms with Crippen molar-refractivity contribution in [2.75, 3.05) is 5.32 Å². The minimum absolute atomic E-state index is 0.0178. The minimum Gasteiger partial charge on any atom is -0.320 e. The largest absolute Gasteiger partial charge is 0.320 e. The number of nitrogens with zero attached hydrogens (tertiary/aromatic N) is 1. The summed E-state index contributed by atoms with van der Waals surface area (Å²) >= 11 is 12.0. The van der Waals surface area contributed by atoms with E-state index in [4.69, 9.17) is 23.2 Å². The van der Waals surface area contributed by atoms with Gasteiger partial charge in [-0.2, -0.15) is 5.26 Å². The number of hydrogen-bond donors (Lipinski definition) is 1. The van der Waals surface area contributed by atoms with Gasteiger partial charge in [-0.1, -0.05) is 65.7 Å². The molecule has 2 aromatic rings. The van der Waals surface area contributed by atoms with Gasteiger partial charge in [-0.15, -0.1) is 0 Å².